The topological polar surface area (TPSA) is 0 Å². The first-order chi connectivity index (χ1) is 4.43. The van der Waals surface area contributed by atoms with Gasteiger partial charge in [0.25, 0.3) is 0 Å². The summed E-state index contributed by atoms with van der Waals surface area (Å²) in [4.78, 5) is 1.26. The highest BCUT2D eigenvalue weighted by molar-refractivity contribution is 8.15. The highest BCUT2D eigenvalue weighted by Gasteiger charge is 1.83. The van der Waals surface area contributed by atoms with E-state index in [0.29, 0.717) is 0 Å². The van der Waals surface area contributed by atoms with Crippen molar-refractivity contribution >= 4 is 25.8 Å². The average molecular weight is 154 g/mol. The average Bonchev–Trinajstić information content (AvgIpc) is 1.91. The van der Waals surface area contributed by atoms with Crippen LogP contribution in [0, 0.1) is 0 Å². The second-order valence-electron chi connectivity index (χ2n) is 1.55. The minimum atomic E-state index is 1.26. The highest BCUT2D eigenvalue weighted by atomic mass is 32.2. The van der Waals surface area contributed by atoms with Gasteiger partial charge in [0.2, 0.25) is 0 Å². The van der Waals surface area contributed by atoms with Crippen molar-refractivity contribution in [2.45, 2.75) is 4.90 Å². The first-order valence-corrected chi connectivity index (χ1v) is 4.10. The molecule has 1 aromatic carbocycles. The molecule has 9 heavy (non-hydrogen) atoms. The Morgan fingerprint density at radius 1 is 1.22 bits per heavy atom. The number of rotatable bonds is 2. The lowest BCUT2D eigenvalue weighted by atomic mass is 10.4. The molecule has 0 radical (unpaired) electrons. The van der Waals surface area contributed by atoms with E-state index in [1.54, 1.807) is 11.8 Å². The third-order valence-electron chi connectivity index (χ3n) is 0.938. The number of hydrogen-bond acceptors (Lipinski definition) is 1. The fraction of sp³-hybridized carbons (Fsp3) is 0. The monoisotopic (exact) mass is 154 g/mol. The van der Waals surface area contributed by atoms with Crippen molar-refractivity contribution in [3.8, 4) is 0 Å². The van der Waals surface area contributed by atoms with Crippen LogP contribution in [0.2, 0.25) is 0 Å². The molecule has 0 atom stereocenters. The molecule has 0 heterocycles. The predicted octanol–water partition coefficient (Wildman–Crippen LogP) is 2.68. The van der Waals surface area contributed by atoms with E-state index in [1.165, 1.54) is 4.90 Å². The summed E-state index contributed by atoms with van der Waals surface area (Å²) in [7, 11) is 3.27. The van der Waals surface area contributed by atoms with Crippen LogP contribution in [0.3, 0.4) is 0 Å². The Bertz CT molecular complexity index is 183. The molecular weight excluding hydrogens is 147 g/mol. The van der Waals surface area contributed by atoms with Crippen LogP contribution < -0.4 is 0 Å². The fourth-order valence-electron chi connectivity index (χ4n) is 0.567. The molecule has 1 aromatic rings. The lowest BCUT2D eigenvalue weighted by Crippen LogP contribution is -1.64. The Morgan fingerprint density at radius 3 is 2.44 bits per heavy atom. The van der Waals surface area contributed by atoms with Gasteiger partial charge in [0.1, 0.15) is 0 Å². The van der Waals surface area contributed by atoms with Crippen molar-refractivity contribution in [3.63, 3.8) is 0 Å². The molecule has 0 N–H and O–H groups in total. The first-order valence-electron chi connectivity index (χ1n) is 2.64. The smallest absolute Gasteiger partial charge is 0.0119 e. The van der Waals surface area contributed by atoms with Gasteiger partial charge in [-0.05, 0) is 17.3 Å². The molecule has 0 aliphatic rings. The zero-order chi connectivity index (χ0) is 6.53. The van der Waals surface area contributed by atoms with Crippen molar-refractivity contribution in [2.75, 3.05) is 0 Å². The van der Waals surface area contributed by atoms with Gasteiger partial charge < -0.3 is 0 Å². The van der Waals surface area contributed by atoms with E-state index in [9.17, 15) is 0 Å². The lowest BCUT2D eigenvalue weighted by Gasteiger charge is -1.90. The molecule has 0 fully saturated rings. The summed E-state index contributed by atoms with van der Waals surface area (Å²) in [5.74, 6) is 0. The molecule has 0 spiro atoms. The van der Waals surface area contributed by atoms with Crippen LogP contribution >= 0.6 is 20.6 Å². The first kappa shape index (κ1) is 6.85. The normalized spacial score (nSPS) is 8.89. The van der Waals surface area contributed by atoms with Crippen molar-refractivity contribution < 1.29 is 0 Å². The molecule has 0 bridgehead atoms. The van der Waals surface area contributed by atoms with Crippen LogP contribution in [0.4, 0.5) is 0 Å². The van der Waals surface area contributed by atoms with E-state index in [2.05, 4.69) is 21.0 Å². The maximum absolute atomic E-state index is 3.27. The molecule has 2 heteroatoms. The maximum atomic E-state index is 3.27. The molecule has 46 valence electrons. The second-order valence-corrected chi connectivity index (χ2v) is 3.20. The molecular formula is C7H7PS. The van der Waals surface area contributed by atoms with Gasteiger partial charge in [0.15, 0.2) is 0 Å². The summed E-state index contributed by atoms with van der Waals surface area (Å²) in [6.07, 6.45) is 0. The lowest BCUT2D eigenvalue weighted by molar-refractivity contribution is 1.48. The van der Waals surface area contributed by atoms with Crippen LogP contribution in [0.1, 0.15) is 0 Å². The molecule has 0 nitrogen and oxygen atoms in total. The van der Waals surface area contributed by atoms with E-state index in [1.807, 2.05) is 23.3 Å². The molecule has 0 aliphatic carbocycles. The molecule has 0 aromatic heterocycles. The standard InChI is InChI=1S/C7H7PS/c8-6-9-7-4-2-1-3-5-7/h1-6,8H. The SMILES string of the molecule is P=CSc1ccccc1. The van der Waals surface area contributed by atoms with Gasteiger partial charge in [-0.3, -0.25) is 0 Å². The summed E-state index contributed by atoms with van der Waals surface area (Å²) in [5, 5.41) is 1.88. The number of benzene rings is 1. The van der Waals surface area contributed by atoms with Crippen LogP contribution in [0.15, 0.2) is 35.2 Å². The van der Waals surface area contributed by atoms with Gasteiger partial charge in [-0.15, -0.1) is 8.86 Å². The zero-order valence-electron chi connectivity index (χ0n) is 4.87. The quantitative estimate of drug-likeness (QED) is 0.466. The Kier molecular flexibility index (Phi) is 2.82. The summed E-state index contributed by atoms with van der Waals surface area (Å²) >= 11 is 1.66. The Morgan fingerprint density at radius 2 is 1.89 bits per heavy atom. The molecule has 1 rings (SSSR count). The van der Waals surface area contributed by atoms with Gasteiger partial charge in [0.05, 0.1) is 0 Å². The Labute approximate surface area is 61.5 Å². The summed E-state index contributed by atoms with van der Waals surface area (Å²) in [6.45, 7) is 0. The Hall–Kier alpha value is -0.260. The molecule has 0 amide bonds. The summed E-state index contributed by atoms with van der Waals surface area (Å²) < 4.78 is 0. The van der Waals surface area contributed by atoms with Gasteiger partial charge >= 0.3 is 0 Å². The third-order valence-corrected chi connectivity index (χ3v) is 1.95. The summed E-state index contributed by atoms with van der Waals surface area (Å²) in [6, 6.07) is 10.2. The van der Waals surface area contributed by atoms with E-state index in [-0.39, 0.29) is 0 Å². The van der Waals surface area contributed by atoms with Gasteiger partial charge in [-0.2, -0.15) is 0 Å². The van der Waals surface area contributed by atoms with E-state index in [0.717, 1.165) is 0 Å². The molecule has 0 unspecified atom stereocenters. The molecule has 0 saturated carbocycles. The van der Waals surface area contributed by atoms with Gasteiger partial charge in [0, 0.05) is 4.90 Å². The zero-order valence-corrected chi connectivity index (χ0v) is 6.69. The molecule has 0 saturated heterocycles. The maximum Gasteiger partial charge on any atom is 0.0119 e. The van der Waals surface area contributed by atoms with Crippen LogP contribution in [0.25, 0.3) is 0 Å². The van der Waals surface area contributed by atoms with Crippen LogP contribution in [-0.2, 0) is 0 Å². The minimum absolute atomic E-state index is 1.26. The minimum Gasteiger partial charge on any atom is -0.115 e. The Balaban J connectivity index is 2.72. The van der Waals surface area contributed by atoms with E-state index >= 15 is 0 Å². The van der Waals surface area contributed by atoms with Crippen molar-refractivity contribution in [3.05, 3.63) is 30.3 Å². The van der Waals surface area contributed by atoms with Crippen molar-refractivity contribution in [1.29, 1.82) is 0 Å². The number of thioether (sulfide) groups is 1. The third kappa shape index (κ3) is 2.21. The van der Waals surface area contributed by atoms with Gasteiger partial charge in [-0.1, -0.05) is 30.0 Å². The van der Waals surface area contributed by atoms with E-state index in [4.69, 9.17) is 0 Å². The predicted molar refractivity (Wildman–Crippen MR) is 46.7 cm³/mol. The van der Waals surface area contributed by atoms with Crippen LogP contribution in [-0.4, -0.2) is 5.13 Å². The second kappa shape index (κ2) is 3.71. The number of hydrogen-bond donors (Lipinski definition) is 0. The largest absolute Gasteiger partial charge is 0.115 e. The summed E-state index contributed by atoms with van der Waals surface area (Å²) in [5.41, 5.74) is 0. The molecule has 0 aliphatic heterocycles. The highest BCUT2D eigenvalue weighted by Crippen LogP contribution is 2.13. The van der Waals surface area contributed by atoms with E-state index < -0.39 is 0 Å². The fourth-order valence-corrected chi connectivity index (χ4v) is 1.43. The van der Waals surface area contributed by atoms with Crippen molar-refractivity contribution in [2.24, 2.45) is 0 Å². The van der Waals surface area contributed by atoms with Gasteiger partial charge in [-0.25, -0.2) is 0 Å². The van der Waals surface area contributed by atoms with Crippen LogP contribution in [0.5, 0.6) is 0 Å². The van der Waals surface area contributed by atoms with Crippen molar-refractivity contribution in [1.82, 2.24) is 0 Å².